The fraction of sp³-hybridized carbons (Fsp3) is 1.00. The molecule has 13 heavy (non-hydrogen) atoms. The average Bonchev–Trinajstić information content (AvgIpc) is 2.41. The lowest BCUT2D eigenvalue weighted by molar-refractivity contribution is -0.0189. The van der Waals surface area contributed by atoms with Crippen molar-refractivity contribution < 1.29 is 4.74 Å². The lowest BCUT2D eigenvalue weighted by Gasteiger charge is -2.19. The molecule has 0 bridgehead atoms. The van der Waals surface area contributed by atoms with E-state index in [1.807, 2.05) is 0 Å². The lowest BCUT2D eigenvalue weighted by atomic mass is 10.0. The Morgan fingerprint density at radius 1 is 1.54 bits per heavy atom. The van der Waals surface area contributed by atoms with Crippen molar-refractivity contribution in [3.05, 3.63) is 0 Å². The molecule has 0 N–H and O–H groups in total. The molecule has 78 valence electrons. The van der Waals surface area contributed by atoms with Crippen LogP contribution in [0, 0.1) is 0 Å². The maximum absolute atomic E-state index is 6.06. The minimum atomic E-state index is 0.110. The van der Waals surface area contributed by atoms with Crippen molar-refractivity contribution in [3.8, 4) is 0 Å². The van der Waals surface area contributed by atoms with Crippen LogP contribution in [-0.2, 0) is 4.74 Å². The molecule has 0 saturated carbocycles. The third-order valence-electron chi connectivity index (χ3n) is 2.80. The Bertz CT molecular complexity index is 156. The van der Waals surface area contributed by atoms with Crippen LogP contribution in [0.5, 0.6) is 0 Å². The molecule has 1 saturated heterocycles. The zero-order chi connectivity index (χ0) is 9.90. The number of hydrogen-bond acceptors (Lipinski definition) is 1. The molecule has 0 aromatic heterocycles. The van der Waals surface area contributed by atoms with E-state index < -0.39 is 0 Å². The van der Waals surface area contributed by atoms with Crippen LogP contribution in [0.25, 0.3) is 0 Å². The number of alkyl halides is 1. The van der Waals surface area contributed by atoms with Crippen molar-refractivity contribution in [1.29, 1.82) is 0 Å². The van der Waals surface area contributed by atoms with Gasteiger partial charge in [-0.2, -0.15) is 0 Å². The van der Waals surface area contributed by atoms with Crippen LogP contribution in [0.3, 0.4) is 0 Å². The van der Waals surface area contributed by atoms with E-state index in [0.29, 0.717) is 11.5 Å². The molecule has 0 amide bonds. The van der Waals surface area contributed by atoms with Gasteiger partial charge in [0.15, 0.2) is 0 Å². The summed E-state index contributed by atoms with van der Waals surface area (Å²) in [4.78, 5) is 0. The molecule has 0 radical (unpaired) electrons. The zero-order valence-corrected chi connectivity index (χ0v) is 9.73. The molecule has 1 rings (SSSR count). The van der Waals surface area contributed by atoms with Crippen molar-refractivity contribution in [3.63, 3.8) is 0 Å². The second-order valence-corrected chi connectivity index (χ2v) is 5.24. The summed E-state index contributed by atoms with van der Waals surface area (Å²) in [6.07, 6.45) is 6.15. The summed E-state index contributed by atoms with van der Waals surface area (Å²) in [6.45, 7) is 6.48. The van der Waals surface area contributed by atoms with Crippen molar-refractivity contribution in [1.82, 2.24) is 0 Å². The standard InChI is InChI=1S/C11H21ClO/c1-4-9(12)5-6-10-7-8-11(2,3)13-10/h9-10H,4-8H2,1-3H3. The topological polar surface area (TPSA) is 9.23 Å². The Kier molecular flexibility index (Phi) is 4.06. The third kappa shape index (κ3) is 3.86. The normalized spacial score (nSPS) is 29.1. The van der Waals surface area contributed by atoms with Crippen LogP contribution >= 0.6 is 11.6 Å². The van der Waals surface area contributed by atoms with Gasteiger partial charge in [0.2, 0.25) is 0 Å². The molecule has 1 nitrogen and oxygen atoms in total. The molecular weight excluding hydrogens is 184 g/mol. The van der Waals surface area contributed by atoms with Crippen molar-refractivity contribution in [2.24, 2.45) is 0 Å². The lowest BCUT2D eigenvalue weighted by Crippen LogP contribution is -2.20. The van der Waals surface area contributed by atoms with Gasteiger partial charge in [0.25, 0.3) is 0 Å². The molecule has 2 heteroatoms. The van der Waals surface area contributed by atoms with E-state index in [1.54, 1.807) is 0 Å². The number of halogens is 1. The summed E-state index contributed by atoms with van der Waals surface area (Å²) in [5.74, 6) is 0. The molecule has 0 aromatic carbocycles. The fourth-order valence-electron chi connectivity index (χ4n) is 1.85. The van der Waals surface area contributed by atoms with E-state index in [0.717, 1.165) is 19.3 Å². The van der Waals surface area contributed by atoms with E-state index in [9.17, 15) is 0 Å². The highest BCUT2D eigenvalue weighted by molar-refractivity contribution is 6.20. The predicted molar refractivity (Wildman–Crippen MR) is 57.4 cm³/mol. The van der Waals surface area contributed by atoms with Gasteiger partial charge >= 0.3 is 0 Å². The Morgan fingerprint density at radius 3 is 2.69 bits per heavy atom. The Morgan fingerprint density at radius 2 is 2.23 bits per heavy atom. The summed E-state index contributed by atoms with van der Waals surface area (Å²) >= 11 is 6.06. The molecule has 2 unspecified atom stereocenters. The highest BCUT2D eigenvalue weighted by atomic mass is 35.5. The largest absolute Gasteiger partial charge is 0.372 e. The maximum Gasteiger partial charge on any atom is 0.0631 e. The Labute approximate surface area is 86.8 Å². The first-order valence-corrected chi connectivity index (χ1v) is 5.79. The summed E-state index contributed by atoms with van der Waals surface area (Å²) in [5, 5.41) is 0.340. The summed E-state index contributed by atoms with van der Waals surface area (Å²) in [7, 11) is 0. The van der Waals surface area contributed by atoms with Crippen molar-refractivity contribution >= 4 is 11.6 Å². The fourth-order valence-corrected chi connectivity index (χ4v) is 1.98. The third-order valence-corrected chi connectivity index (χ3v) is 3.33. The smallest absolute Gasteiger partial charge is 0.0631 e. The average molecular weight is 205 g/mol. The van der Waals surface area contributed by atoms with Crippen LogP contribution in [-0.4, -0.2) is 17.1 Å². The first-order valence-electron chi connectivity index (χ1n) is 5.35. The molecule has 2 atom stereocenters. The second-order valence-electron chi connectivity index (χ2n) is 4.62. The maximum atomic E-state index is 6.06. The molecule has 1 aliphatic heterocycles. The molecule has 0 spiro atoms. The van der Waals surface area contributed by atoms with Crippen molar-refractivity contribution in [2.45, 2.75) is 70.0 Å². The van der Waals surface area contributed by atoms with Gasteiger partial charge in [-0.05, 0) is 46.0 Å². The number of hydrogen-bond donors (Lipinski definition) is 0. The molecular formula is C11H21ClO. The van der Waals surface area contributed by atoms with E-state index in [-0.39, 0.29) is 5.60 Å². The van der Waals surface area contributed by atoms with Gasteiger partial charge in [-0.15, -0.1) is 11.6 Å². The number of ether oxygens (including phenoxy) is 1. The zero-order valence-electron chi connectivity index (χ0n) is 8.98. The van der Waals surface area contributed by atoms with Crippen LogP contribution < -0.4 is 0 Å². The summed E-state index contributed by atoms with van der Waals surface area (Å²) < 4.78 is 5.89. The van der Waals surface area contributed by atoms with Gasteiger partial charge in [-0.25, -0.2) is 0 Å². The first kappa shape index (κ1) is 11.3. The molecule has 1 heterocycles. The van der Waals surface area contributed by atoms with Crippen molar-refractivity contribution in [2.75, 3.05) is 0 Å². The van der Waals surface area contributed by atoms with Gasteiger partial charge in [-0.3, -0.25) is 0 Å². The monoisotopic (exact) mass is 204 g/mol. The van der Waals surface area contributed by atoms with E-state index >= 15 is 0 Å². The highest BCUT2D eigenvalue weighted by Gasteiger charge is 2.31. The van der Waals surface area contributed by atoms with E-state index in [4.69, 9.17) is 16.3 Å². The SMILES string of the molecule is CCC(Cl)CCC1CCC(C)(C)O1. The van der Waals surface area contributed by atoms with Crippen LogP contribution in [0.1, 0.15) is 52.9 Å². The van der Waals surface area contributed by atoms with Gasteiger partial charge < -0.3 is 4.74 Å². The van der Waals surface area contributed by atoms with Gasteiger partial charge in [0.1, 0.15) is 0 Å². The number of rotatable bonds is 4. The quantitative estimate of drug-likeness (QED) is 0.634. The van der Waals surface area contributed by atoms with Crippen LogP contribution in [0.4, 0.5) is 0 Å². The molecule has 0 aromatic rings. The van der Waals surface area contributed by atoms with Gasteiger partial charge in [0, 0.05) is 5.38 Å². The van der Waals surface area contributed by atoms with Crippen LogP contribution in [0.15, 0.2) is 0 Å². The highest BCUT2D eigenvalue weighted by Crippen LogP contribution is 2.32. The second kappa shape index (κ2) is 4.65. The van der Waals surface area contributed by atoms with E-state index in [1.165, 1.54) is 12.8 Å². The van der Waals surface area contributed by atoms with E-state index in [2.05, 4.69) is 20.8 Å². The molecule has 1 fully saturated rings. The summed E-state index contributed by atoms with van der Waals surface area (Å²) in [6, 6.07) is 0. The Hall–Kier alpha value is 0.250. The summed E-state index contributed by atoms with van der Waals surface area (Å²) in [5.41, 5.74) is 0.110. The minimum absolute atomic E-state index is 0.110. The Balaban J connectivity index is 2.17. The van der Waals surface area contributed by atoms with Crippen LogP contribution in [0.2, 0.25) is 0 Å². The molecule has 1 aliphatic rings. The minimum Gasteiger partial charge on any atom is -0.372 e. The molecule has 0 aliphatic carbocycles. The first-order chi connectivity index (χ1) is 6.03. The van der Waals surface area contributed by atoms with Gasteiger partial charge in [0.05, 0.1) is 11.7 Å². The van der Waals surface area contributed by atoms with Gasteiger partial charge in [-0.1, -0.05) is 6.92 Å². The predicted octanol–water partition coefficient (Wildman–Crippen LogP) is 3.74.